The lowest BCUT2D eigenvalue weighted by Gasteiger charge is -2.26. The van der Waals surface area contributed by atoms with Crippen molar-refractivity contribution in [1.29, 1.82) is 0 Å². The zero-order valence-electron chi connectivity index (χ0n) is 24.3. The van der Waals surface area contributed by atoms with E-state index in [4.69, 9.17) is 0 Å². The zero-order chi connectivity index (χ0) is 28.6. The molecule has 1 nitrogen and oxygen atoms in total. The molecule has 0 heterocycles. The van der Waals surface area contributed by atoms with Gasteiger partial charge < -0.3 is 4.90 Å². The van der Waals surface area contributed by atoms with E-state index in [9.17, 15) is 0 Å². The Labute approximate surface area is 242 Å². The van der Waals surface area contributed by atoms with E-state index in [-0.39, 0.29) is 0 Å². The molecular formula is C39H43N. The quantitative estimate of drug-likeness (QED) is 0.208. The normalized spacial score (nSPS) is 19.1. The van der Waals surface area contributed by atoms with Gasteiger partial charge in [-0.2, -0.15) is 0 Å². The Morgan fingerprint density at radius 2 is 1.52 bits per heavy atom. The van der Waals surface area contributed by atoms with Crippen molar-refractivity contribution < 1.29 is 0 Å². The second-order valence-corrected chi connectivity index (χ2v) is 9.96. The number of nitrogens with zero attached hydrogens (tertiary/aromatic N) is 1. The Balaban J connectivity index is 1.67. The highest BCUT2D eigenvalue weighted by Crippen LogP contribution is 2.31. The zero-order valence-corrected chi connectivity index (χ0v) is 24.3. The summed E-state index contributed by atoms with van der Waals surface area (Å²) in [4.78, 5) is 2.24. The van der Waals surface area contributed by atoms with Crippen molar-refractivity contribution in [2.45, 2.75) is 40.0 Å². The van der Waals surface area contributed by atoms with Crippen molar-refractivity contribution in [2.75, 3.05) is 4.90 Å². The van der Waals surface area contributed by atoms with Gasteiger partial charge in [-0.05, 0) is 93.5 Å². The molecule has 1 heteroatoms. The fourth-order valence-corrected chi connectivity index (χ4v) is 4.51. The first-order valence-electron chi connectivity index (χ1n) is 14.1. The molecule has 0 radical (unpaired) electrons. The molecule has 1 aliphatic carbocycles. The SMILES string of the molecule is C=C/C=C(\C=C/C)/C=C\C1=C\CCC(C=C/C=C/C=C(\C=C)N(c2ccc(C)cc2)c2ccc(C)cc2)/C=C\C1. The first-order chi connectivity index (χ1) is 19.5. The van der Waals surface area contributed by atoms with Crippen LogP contribution in [0.4, 0.5) is 11.4 Å². The van der Waals surface area contributed by atoms with E-state index in [0.717, 1.165) is 41.9 Å². The number of hydrogen-bond donors (Lipinski definition) is 0. The molecule has 40 heavy (non-hydrogen) atoms. The lowest BCUT2D eigenvalue weighted by atomic mass is 9.96. The standard InChI is InChI=1S/C39H43N/c1-6-14-34(15-7-2)26-27-36-19-12-17-35(18-13-20-36)16-10-9-11-21-37(8-3)40(38-28-22-32(4)23-29-38)39-30-24-33(5)25-31-39/h6-12,14-17,20-31,35H,1,3,13,18-19H2,2,4-5H3/b11-9+,15-7-,16-10?,17-12-,27-26-,34-14+,36-20+,37-21+. The molecule has 0 spiro atoms. The molecular weight excluding hydrogens is 482 g/mol. The topological polar surface area (TPSA) is 3.24 Å². The van der Waals surface area contributed by atoms with Crippen LogP contribution in [0.1, 0.15) is 37.3 Å². The van der Waals surface area contributed by atoms with Crippen LogP contribution in [0.25, 0.3) is 0 Å². The van der Waals surface area contributed by atoms with E-state index in [1.165, 1.54) is 16.7 Å². The maximum atomic E-state index is 4.11. The Kier molecular flexibility index (Phi) is 12.5. The fraction of sp³-hybridized carbons (Fsp3) is 0.179. The fourth-order valence-electron chi connectivity index (χ4n) is 4.51. The summed E-state index contributed by atoms with van der Waals surface area (Å²) in [6.07, 6.45) is 35.2. The molecule has 0 N–H and O–H groups in total. The summed E-state index contributed by atoms with van der Waals surface area (Å²) in [5, 5.41) is 0. The molecule has 1 unspecified atom stereocenters. The van der Waals surface area contributed by atoms with Gasteiger partial charge in [0.2, 0.25) is 0 Å². The minimum absolute atomic E-state index is 0.435. The minimum Gasteiger partial charge on any atom is -0.311 e. The van der Waals surface area contributed by atoms with Gasteiger partial charge in [0, 0.05) is 17.1 Å². The number of rotatable bonds is 11. The Morgan fingerprint density at radius 1 is 0.850 bits per heavy atom. The summed E-state index contributed by atoms with van der Waals surface area (Å²) in [5.74, 6) is 0.435. The van der Waals surface area contributed by atoms with Crippen molar-refractivity contribution in [3.63, 3.8) is 0 Å². The average molecular weight is 526 g/mol. The molecule has 1 aliphatic rings. The van der Waals surface area contributed by atoms with Gasteiger partial charge >= 0.3 is 0 Å². The van der Waals surface area contributed by atoms with E-state index in [1.54, 1.807) is 0 Å². The first kappa shape index (κ1) is 30.2. The number of hydrogen-bond acceptors (Lipinski definition) is 1. The lowest BCUT2D eigenvalue weighted by molar-refractivity contribution is 0.712. The number of benzene rings is 2. The van der Waals surface area contributed by atoms with Gasteiger partial charge in [-0.3, -0.25) is 0 Å². The third-order valence-electron chi connectivity index (χ3n) is 6.70. The van der Waals surface area contributed by atoms with E-state index in [0.29, 0.717) is 5.92 Å². The Morgan fingerprint density at radius 3 is 2.12 bits per heavy atom. The molecule has 0 aromatic heterocycles. The van der Waals surface area contributed by atoms with Crippen LogP contribution in [0, 0.1) is 19.8 Å². The molecule has 0 fully saturated rings. The Bertz CT molecular complexity index is 1300. The molecule has 2 aromatic carbocycles. The van der Waals surface area contributed by atoms with Crippen molar-refractivity contribution in [3.05, 3.63) is 181 Å². The van der Waals surface area contributed by atoms with Crippen LogP contribution in [-0.2, 0) is 0 Å². The molecule has 0 aliphatic heterocycles. The highest BCUT2D eigenvalue weighted by molar-refractivity contribution is 5.70. The third kappa shape index (κ3) is 9.75. The van der Waals surface area contributed by atoms with Crippen LogP contribution in [0.2, 0.25) is 0 Å². The number of allylic oxidation sites excluding steroid dienone is 17. The monoisotopic (exact) mass is 525 g/mol. The minimum atomic E-state index is 0.435. The van der Waals surface area contributed by atoms with Gasteiger partial charge in [-0.1, -0.05) is 128 Å². The lowest BCUT2D eigenvalue weighted by Crippen LogP contribution is -2.14. The van der Waals surface area contributed by atoms with Gasteiger partial charge in [0.15, 0.2) is 0 Å². The average Bonchev–Trinajstić information content (AvgIpc) is 2.94. The van der Waals surface area contributed by atoms with Crippen molar-refractivity contribution in [3.8, 4) is 0 Å². The number of anilines is 2. The van der Waals surface area contributed by atoms with Gasteiger partial charge in [0.1, 0.15) is 0 Å². The van der Waals surface area contributed by atoms with Crippen LogP contribution >= 0.6 is 0 Å². The van der Waals surface area contributed by atoms with Crippen molar-refractivity contribution >= 4 is 11.4 Å². The predicted octanol–water partition coefficient (Wildman–Crippen LogP) is 11.2. The molecule has 0 bridgehead atoms. The van der Waals surface area contributed by atoms with Crippen molar-refractivity contribution in [1.82, 2.24) is 0 Å². The van der Waals surface area contributed by atoms with Crippen LogP contribution in [0.3, 0.4) is 0 Å². The molecule has 0 amide bonds. The van der Waals surface area contributed by atoms with Crippen LogP contribution < -0.4 is 4.90 Å². The highest BCUT2D eigenvalue weighted by atomic mass is 15.1. The number of aryl methyl sites for hydroxylation is 2. The maximum Gasteiger partial charge on any atom is 0.0461 e. The summed E-state index contributed by atoms with van der Waals surface area (Å²) in [6.45, 7) is 14.2. The molecule has 1 atom stereocenters. The van der Waals surface area contributed by atoms with E-state index in [2.05, 4.69) is 153 Å². The summed E-state index contributed by atoms with van der Waals surface area (Å²) in [7, 11) is 0. The van der Waals surface area contributed by atoms with Gasteiger partial charge in [-0.15, -0.1) is 0 Å². The van der Waals surface area contributed by atoms with Crippen LogP contribution in [0.15, 0.2) is 170 Å². The molecule has 0 saturated carbocycles. The highest BCUT2D eigenvalue weighted by Gasteiger charge is 2.12. The molecule has 2 aromatic rings. The van der Waals surface area contributed by atoms with Crippen LogP contribution in [-0.4, -0.2) is 0 Å². The smallest absolute Gasteiger partial charge is 0.0461 e. The van der Waals surface area contributed by atoms with Crippen LogP contribution in [0.5, 0.6) is 0 Å². The molecule has 3 rings (SSSR count). The predicted molar refractivity (Wildman–Crippen MR) is 178 cm³/mol. The van der Waals surface area contributed by atoms with Gasteiger partial charge in [-0.25, -0.2) is 0 Å². The van der Waals surface area contributed by atoms with E-state index in [1.807, 2.05) is 25.2 Å². The van der Waals surface area contributed by atoms with E-state index >= 15 is 0 Å². The third-order valence-corrected chi connectivity index (χ3v) is 6.70. The first-order valence-corrected chi connectivity index (χ1v) is 14.1. The molecule has 204 valence electrons. The summed E-state index contributed by atoms with van der Waals surface area (Å²) < 4.78 is 0. The second kappa shape index (κ2) is 16.6. The maximum absolute atomic E-state index is 4.11. The van der Waals surface area contributed by atoms with E-state index < -0.39 is 0 Å². The van der Waals surface area contributed by atoms with Crippen molar-refractivity contribution in [2.24, 2.45) is 5.92 Å². The van der Waals surface area contributed by atoms with Gasteiger partial charge in [0.25, 0.3) is 0 Å². The summed E-state index contributed by atoms with van der Waals surface area (Å²) in [5.41, 5.74) is 8.25. The van der Waals surface area contributed by atoms with Gasteiger partial charge in [0.05, 0.1) is 0 Å². The summed E-state index contributed by atoms with van der Waals surface area (Å²) >= 11 is 0. The second-order valence-electron chi connectivity index (χ2n) is 9.96. The Hall–Kier alpha value is -4.36. The molecule has 0 saturated heterocycles. The summed E-state index contributed by atoms with van der Waals surface area (Å²) in [6, 6.07) is 17.2. The largest absolute Gasteiger partial charge is 0.311 e.